The van der Waals surface area contributed by atoms with Gasteiger partial charge in [-0.1, -0.05) is 41.4 Å². The van der Waals surface area contributed by atoms with E-state index >= 15 is 0 Å². The van der Waals surface area contributed by atoms with Gasteiger partial charge in [0, 0.05) is 11.6 Å². The predicted molar refractivity (Wildman–Crippen MR) is 81.6 cm³/mol. The summed E-state index contributed by atoms with van der Waals surface area (Å²) in [5.74, 6) is 0.909. The van der Waals surface area contributed by atoms with Gasteiger partial charge in [0.05, 0.1) is 10.7 Å². The molecular formula is C15H15Cl2NO. The summed E-state index contributed by atoms with van der Waals surface area (Å²) < 4.78 is 5.69. The zero-order valence-electron chi connectivity index (χ0n) is 10.6. The number of aryl methyl sites for hydroxylation is 1. The molecule has 0 aliphatic heterocycles. The fraction of sp³-hybridized carbons (Fsp3) is 0.200. The van der Waals surface area contributed by atoms with E-state index in [9.17, 15) is 0 Å². The molecule has 0 aromatic heterocycles. The Morgan fingerprint density at radius 3 is 2.63 bits per heavy atom. The largest absolute Gasteiger partial charge is 0.491 e. The number of para-hydroxylation sites is 1. The maximum absolute atomic E-state index is 6.06. The summed E-state index contributed by atoms with van der Waals surface area (Å²) in [5, 5.41) is 4.46. The van der Waals surface area contributed by atoms with Gasteiger partial charge in [-0.25, -0.2) is 0 Å². The van der Waals surface area contributed by atoms with Crippen LogP contribution in [-0.4, -0.2) is 13.2 Å². The summed E-state index contributed by atoms with van der Waals surface area (Å²) in [5.41, 5.74) is 1.99. The van der Waals surface area contributed by atoms with E-state index in [0.29, 0.717) is 23.2 Å². The molecule has 1 N–H and O–H groups in total. The van der Waals surface area contributed by atoms with E-state index in [2.05, 4.69) is 5.32 Å². The van der Waals surface area contributed by atoms with Gasteiger partial charge in [-0.05, 0) is 36.8 Å². The van der Waals surface area contributed by atoms with Crippen molar-refractivity contribution in [1.29, 1.82) is 0 Å². The molecule has 19 heavy (non-hydrogen) atoms. The molecule has 0 saturated heterocycles. The van der Waals surface area contributed by atoms with Crippen molar-refractivity contribution in [2.45, 2.75) is 6.92 Å². The second-order valence-electron chi connectivity index (χ2n) is 4.16. The fourth-order valence-corrected chi connectivity index (χ4v) is 2.17. The lowest BCUT2D eigenvalue weighted by atomic mass is 10.2. The summed E-state index contributed by atoms with van der Waals surface area (Å²) in [6.07, 6.45) is 0. The van der Waals surface area contributed by atoms with E-state index in [4.69, 9.17) is 27.9 Å². The SMILES string of the molecule is Cc1ccccc1OCCNc1ccc(Cl)cc1Cl. The maximum atomic E-state index is 6.06. The first-order valence-electron chi connectivity index (χ1n) is 6.04. The Morgan fingerprint density at radius 1 is 1.11 bits per heavy atom. The third-order valence-corrected chi connectivity index (χ3v) is 3.25. The van der Waals surface area contributed by atoms with E-state index < -0.39 is 0 Å². The van der Waals surface area contributed by atoms with Crippen molar-refractivity contribution in [3.63, 3.8) is 0 Å². The topological polar surface area (TPSA) is 21.3 Å². The van der Waals surface area contributed by atoms with Crippen molar-refractivity contribution in [3.05, 3.63) is 58.1 Å². The minimum absolute atomic E-state index is 0.573. The van der Waals surface area contributed by atoms with Crippen LogP contribution >= 0.6 is 23.2 Å². The van der Waals surface area contributed by atoms with Crippen LogP contribution in [0.25, 0.3) is 0 Å². The Hall–Kier alpha value is -1.38. The number of benzene rings is 2. The number of halogens is 2. The summed E-state index contributed by atoms with van der Waals surface area (Å²) in [6.45, 7) is 3.28. The zero-order chi connectivity index (χ0) is 13.7. The Kier molecular flexibility index (Phi) is 4.94. The molecule has 0 saturated carbocycles. The van der Waals surface area contributed by atoms with Crippen LogP contribution in [0, 0.1) is 6.92 Å². The lowest BCUT2D eigenvalue weighted by Gasteiger charge is -2.11. The van der Waals surface area contributed by atoms with E-state index in [1.165, 1.54) is 0 Å². The van der Waals surface area contributed by atoms with Crippen LogP contribution in [0.4, 0.5) is 5.69 Å². The van der Waals surface area contributed by atoms with E-state index in [1.807, 2.05) is 37.3 Å². The van der Waals surface area contributed by atoms with Gasteiger partial charge >= 0.3 is 0 Å². The third-order valence-electron chi connectivity index (χ3n) is 2.70. The molecule has 0 fully saturated rings. The Labute approximate surface area is 123 Å². The van der Waals surface area contributed by atoms with Crippen LogP contribution in [0.15, 0.2) is 42.5 Å². The Bertz CT molecular complexity index is 558. The standard InChI is InChI=1S/C15H15Cl2NO/c1-11-4-2-3-5-15(11)19-9-8-18-14-7-6-12(16)10-13(14)17/h2-7,10,18H,8-9H2,1H3. The predicted octanol–water partition coefficient (Wildman–Crippen LogP) is 4.79. The molecule has 0 unspecified atom stereocenters. The summed E-state index contributed by atoms with van der Waals surface area (Å²) >= 11 is 11.9. The van der Waals surface area contributed by atoms with Crippen molar-refractivity contribution in [1.82, 2.24) is 0 Å². The van der Waals surface area contributed by atoms with E-state index in [1.54, 1.807) is 12.1 Å². The van der Waals surface area contributed by atoms with Gasteiger partial charge in [0.15, 0.2) is 0 Å². The van der Waals surface area contributed by atoms with Gasteiger partial charge in [-0.2, -0.15) is 0 Å². The molecule has 2 aromatic rings. The summed E-state index contributed by atoms with van der Waals surface area (Å²) in [7, 11) is 0. The number of rotatable bonds is 5. The first kappa shape index (κ1) is 14.0. The van der Waals surface area contributed by atoms with E-state index in [-0.39, 0.29) is 0 Å². The van der Waals surface area contributed by atoms with Gasteiger partial charge < -0.3 is 10.1 Å². The first-order valence-corrected chi connectivity index (χ1v) is 6.80. The van der Waals surface area contributed by atoms with Gasteiger partial charge in [-0.3, -0.25) is 0 Å². The molecule has 0 atom stereocenters. The minimum Gasteiger partial charge on any atom is -0.491 e. The number of nitrogens with one attached hydrogen (secondary N) is 1. The first-order chi connectivity index (χ1) is 9.16. The molecule has 0 heterocycles. The number of hydrogen-bond donors (Lipinski definition) is 1. The molecular weight excluding hydrogens is 281 g/mol. The highest BCUT2D eigenvalue weighted by atomic mass is 35.5. The van der Waals surface area contributed by atoms with Crippen molar-refractivity contribution in [2.75, 3.05) is 18.5 Å². The molecule has 4 heteroatoms. The van der Waals surface area contributed by atoms with Gasteiger partial charge in [-0.15, -0.1) is 0 Å². The highest BCUT2D eigenvalue weighted by molar-refractivity contribution is 6.36. The lowest BCUT2D eigenvalue weighted by molar-refractivity contribution is 0.330. The third kappa shape index (κ3) is 4.05. The monoisotopic (exact) mass is 295 g/mol. The molecule has 2 rings (SSSR count). The quantitative estimate of drug-likeness (QED) is 0.801. The van der Waals surface area contributed by atoms with Crippen molar-refractivity contribution < 1.29 is 4.74 Å². The fourth-order valence-electron chi connectivity index (χ4n) is 1.70. The highest BCUT2D eigenvalue weighted by Crippen LogP contribution is 2.25. The second kappa shape index (κ2) is 6.69. The molecule has 0 aliphatic carbocycles. The number of anilines is 1. The zero-order valence-corrected chi connectivity index (χ0v) is 12.1. The minimum atomic E-state index is 0.573. The van der Waals surface area contributed by atoms with Crippen LogP contribution in [0.5, 0.6) is 5.75 Å². The molecule has 0 spiro atoms. The van der Waals surface area contributed by atoms with Crippen molar-refractivity contribution >= 4 is 28.9 Å². The Balaban J connectivity index is 1.83. The van der Waals surface area contributed by atoms with Crippen LogP contribution in [0.3, 0.4) is 0 Å². The van der Waals surface area contributed by atoms with Crippen molar-refractivity contribution in [2.24, 2.45) is 0 Å². The van der Waals surface area contributed by atoms with Crippen LogP contribution in [0.2, 0.25) is 10.0 Å². The van der Waals surface area contributed by atoms with Gasteiger partial charge in [0.25, 0.3) is 0 Å². The molecule has 0 radical (unpaired) electrons. The summed E-state index contributed by atoms with van der Waals surface area (Å²) in [4.78, 5) is 0. The molecule has 0 aliphatic rings. The van der Waals surface area contributed by atoms with Crippen LogP contribution < -0.4 is 10.1 Å². The van der Waals surface area contributed by atoms with Gasteiger partial charge in [0.2, 0.25) is 0 Å². The van der Waals surface area contributed by atoms with Gasteiger partial charge in [0.1, 0.15) is 12.4 Å². The van der Waals surface area contributed by atoms with E-state index in [0.717, 1.165) is 17.0 Å². The normalized spacial score (nSPS) is 10.3. The highest BCUT2D eigenvalue weighted by Gasteiger charge is 2.01. The Morgan fingerprint density at radius 2 is 1.89 bits per heavy atom. The second-order valence-corrected chi connectivity index (χ2v) is 5.01. The number of ether oxygens (including phenoxy) is 1. The van der Waals surface area contributed by atoms with Crippen LogP contribution in [-0.2, 0) is 0 Å². The lowest BCUT2D eigenvalue weighted by Crippen LogP contribution is -2.12. The van der Waals surface area contributed by atoms with Crippen LogP contribution in [0.1, 0.15) is 5.56 Å². The molecule has 2 aromatic carbocycles. The number of hydrogen-bond acceptors (Lipinski definition) is 2. The molecule has 0 bridgehead atoms. The molecule has 0 amide bonds. The summed E-state index contributed by atoms with van der Waals surface area (Å²) in [6, 6.07) is 13.3. The molecule has 2 nitrogen and oxygen atoms in total. The average Bonchev–Trinajstić information content (AvgIpc) is 2.38. The smallest absolute Gasteiger partial charge is 0.122 e. The average molecular weight is 296 g/mol. The maximum Gasteiger partial charge on any atom is 0.122 e. The molecule has 100 valence electrons. The van der Waals surface area contributed by atoms with Crippen molar-refractivity contribution in [3.8, 4) is 5.75 Å².